The molecule has 0 saturated heterocycles. The van der Waals surface area contributed by atoms with Crippen molar-refractivity contribution in [1.82, 2.24) is 15.6 Å². The van der Waals surface area contributed by atoms with Gasteiger partial charge in [-0.1, -0.05) is 26.8 Å². The molecule has 26 heavy (non-hydrogen) atoms. The summed E-state index contributed by atoms with van der Waals surface area (Å²) in [5.41, 5.74) is 0.712. The maximum atomic E-state index is 13.2. The van der Waals surface area contributed by atoms with Gasteiger partial charge in [-0.3, -0.25) is 14.5 Å². The van der Waals surface area contributed by atoms with Crippen molar-refractivity contribution < 1.29 is 19.5 Å². The molecule has 1 aromatic heterocycles. The molecule has 0 aliphatic carbocycles. The van der Waals surface area contributed by atoms with Crippen molar-refractivity contribution >= 4 is 23.6 Å². The molecule has 0 bridgehead atoms. The summed E-state index contributed by atoms with van der Waals surface area (Å²) in [6.07, 6.45) is 2.31. The molecule has 1 aliphatic heterocycles. The molecule has 0 saturated carbocycles. The van der Waals surface area contributed by atoms with E-state index in [2.05, 4.69) is 15.6 Å². The number of amides is 2. The Kier molecular flexibility index (Phi) is 6.31. The SMILES string of the molecule is CC[C@H](NC)C(=O)N[C@H](C(=O)N1c2ncccc2C[C@H]1C(=O)O)C(C)C. The lowest BCUT2D eigenvalue weighted by atomic mass is 10.0. The van der Waals surface area contributed by atoms with Crippen molar-refractivity contribution in [3.63, 3.8) is 0 Å². The van der Waals surface area contributed by atoms with Gasteiger partial charge in [-0.2, -0.15) is 0 Å². The number of aromatic nitrogens is 1. The number of likely N-dealkylation sites (N-methyl/N-ethyl adjacent to an activating group) is 1. The molecule has 8 heteroatoms. The van der Waals surface area contributed by atoms with Gasteiger partial charge in [-0.25, -0.2) is 9.78 Å². The first-order chi connectivity index (χ1) is 12.3. The molecule has 0 unspecified atom stereocenters. The van der Waals surface area contributed by atoms with Gasteiger partial charge < -0.3 is 15.7 Å². The smallest absolute Gasteiger partial charge is 0.327 e. The Morgan fingerprint density at radius 1 is 1.38 bits per heavy atom. The molecular formula is C18H26N4O4. The number of rotatable bonds is 7. The summed E-state index contributed by atoms with van der Waals surface area (Å²) < 4.78 is 0. The van der Waals surface area contributed by atoms with Gasteiger partial charge in [-0.15, -0.1) is 0 Å². The van der Waals surface area contributed by atoms with E-state index in [4.69, 9.17) is 0 Å². The molecule has 8 nitrogen and oxygen atoms in total. The molecule has 3 atom stereocenters. The molecule has 2 heterocycles. The zero-order valence-electron chi connectivity index (χ0n) is 15.5. The van der Waals surface area contributed by atoms with Gasteiger partial charge in [0.05, 0.1) is 6.04 Å². The Morgan fingerprint density at radius 2 is 2.08 bits per heavy atom. The minimum absolute atomic E-state index is 0.205. The van der Waals surface area contributed by atoms with Crippen LogP contribution in [0.2, 0.25) is 0 Å². The third-order valence-electron chi connectivity index (χ3n) is 4.65. The van der Waals surface area contributed by atoms with Crippen LogP contribution >= 0.6 is 0 Å². The zero-order chi connectivity index (χ0) is 19.4. The van der Waals surface area contributed by atoms with E-state index in [9.17, 15) is 19.5 Å². The van der Waals surface area contributed by atoms with Crippen LogP contribution < -0.4 is 15.5 Å². The Balaban J connectivity index is 2.32. The number of carboxylic acids is 1. The normalized spacial score (nSPS) is 18.3. The Morgan fingerprint density at radius 3 is 2.62 bits per heavy atom. The average Bonchev–Trinajstić information content (AvgIpc) is 2.99. The lowest BCUT2D eigenvalue weighted by Crippen LogP contribution is -2.57. The van der Waals surface area contributed by atoms with Crippen molar-refractivity contribution in [2.75, 3.05) is 11.9 Å². The van der Waals surface area contributed by atoms with Gasteiger partial charge in [0.1, 0.15) is 17.9 Å². The van der Waals surface area contributed by atoms with E-state index in [1.165, 1.54) is 11.1 Å². The molecule has 1 aromatic rings. The summed E-state index contributed by atoms with van der Waals surface area (Å²) in [5, 5.41) is 15.2. The van der Waals surface area contributed by atoms with Crippen LogP contribution in [0.3, 0.4) is 0 Å². The maximum Gasteiger partial charge on any atom is 0.327 e. The second-order valence-corrected chi connectivity index (χ2v) is 6.73. The van der Waals surface area contributed by atoms with Crippen LogP contribution in [0.4, 0.5) is 5.82 Å². The number of pyridine rings is 1. The topological polar surface area (TPSA) is 112 Å². The van der Waals surface area contributed by atoms with Crippen LogP contribution in [0.15, 0.2) is 18.3 Å². The predicted octanol–water partition coefficient (Wildman–Crippen LogP) is 0.563. The van der Waals surface area contributed by atoms with Crippen molar-refractivity contribution in [3.8, 4) is 0 Å². The number of aliphatic carboxylic acids is 1. The molecule has 3 N–H and O–H groups in total. The highest BCUT2D eigenvalue weighted by atomic mass is 16.4. The van der Waals surface area contributed by atoms with Gasteiger partial charge in [0.25, 0.3) is 5.91 Å². The molecule has 142 valence electrons. The minimum Gasteiger partial charge on any atom is -0.480 e. The van der Waals surface area contributed by atoms with Crippen molar-refractivity contribution in [2.45, 2.75) is 51.7 Å². The van der Waals surface area contributed by atoms with Gasteiger partial charge in [-0.05, 0) is 31.0 Å². The van der Waals surface area contributed by atoms with Crippen LogP contribution in [-0.2, 0) is 20.8 Å². The predicted molar refractivity (Wildman–Crippen MR) is 96.8 cm³/mol. The Labute approximate surface area is 153 Å². The Bertz CT molecular complexity index is 688. The summed E-state index contributed by atoms with van der Waals surface area (Å²) in [5.74, 6) is -1.68. The second kappa shape index (κ2) is 8.27. The maximum absolute atomic E-state index is 13.2. The lowest BCUT2D eigenvalue weighted by molar-refractivity contribution is -0.140. The van der Waals surface area contributed by atoms with E-state index < -0.39 is 30.0 Å². The molecule has 0 spiro atoms. The van der Waals surface area contributed by atoms with E-state index in [0.717, 1.165) is 0 Å². The summed E-state index contributed by atoms with van der Waals surface area (Å²) in [4.78, 5) is 42.7. The number of nitrogens with zero attached hydrogens (tertiary/aromatic N) is 2. The summed E-state index contributed by atoms with van der Waals surface area (Å²) in [6, 6.07) is 1.22. The van der Waals surface area contributed by atoms with Gasteiger partial charge >= 0.3 is 5.97 Å². The van der Waals surface area contributed by atoms with Crippen LogP contribution in [0, 0.1) is 5.92 Å². The minimum atomic E-state index is -1.09. The van der Waals surface area contributed by atoms with E-state index in [-0.39, 0.29) is 18.2 Å². The largest absolute Gasteiger partial charge is 0.480 e. The molecular weight excluding hydrogens is 336 g/mol. The first kappa shape index (κ1) is 19.8. The summed E-state index contributed by atoms with van der Waals surface area (Å²) >= 11 is 0. The number of hydrogen-bond donors (Lipinski definition) is 3. The number of nitrogens with one attached hydrogen (secondary N) is 2. The van der Waals surface area contributed by atoms with Crippen molar-refractivity contribution in [2.24, 2.45) is 5.92 Å². The fraction of sp³-hybridized carbons (Fsp3) is 0.556. The highest BCUT2D eigenvalue weighted by Gasteiger charge is 2.43. The van der Waals surface area contributed by atoms with Crippen LogP contribution in [0.5, 0.6) is 0 Å². The fourth-order valence-electron chi connectivity index (χ4n) is 3.15. The quantitative estimate of drug-likeness (QED) is 0.654. The lowest BCUT2D eigenvalue weighted by Gasteiger charge is -2.30. The summed E-state index contributed by atoms with van der Waals surface area (Å²) in [7, 11) is 1.68. The average molecular weight is 362 g/mol. The molecule has 0 radical (unpaired) electrons. The van der Waals surface area contributed by atoms with E-state index >= 15 is 0 Å². The first-order valence-corrected chi connectivity index (χ1v) is 8.79. The number of carbonyl (C=O) groups is 3. The highest BCUT2D eigenvalue weighted by Crippen LogP contribution is 2.31. The van der Waals surface area contributed by atoms with E-state index in [1.807, 2.05) is 20.8 Å². The zero-order valence-corrected chi connectivity index (χ0v) is 15.5. The third-order valence-corrected chi connectivity index (χ3v) is 4.65. The molecule has 1 aliphatic rings. The van der Waals surface area contributed by atoms with Gasteiger partial charge in [0.15, 0.2) is 0 Å². The van der Waals surface area contributed by atoms with Crippen LogP contribution in [0.25, 0.3) is 0 Å². The fourth-order valence-corrected chi connectivity index (χ4v) is 3.15. The number of anilines is 1. The van der Waals surface area contributed by atoms with E-state index in [1.54, 1.807) is 19.2 Å². The molecule has 2 amide bonds. The van der Waals surface area contributed by atoms with Gasteiger partial charge in [0, 0.05) is 12.6 Å². The van der Waals surface area contributed by atoms with Crippen molar-refractivity contribution in [3.05, 3.63) is 23.9 Å². The van der Waals surface area contributed by atoms with E-state index in [0.29, 0.717) is 17.8 Å². The Hall–Kier alpha value is -2.48. The highest BCUT2D eigenvalue weighted by molar-refractivity contribution is 6.05. The molecule has 0 aromatic carbocycles. The molecule has 0 fully saturated rings. The summed E-state index contributed by atoms with van der Waals surface area (Å²) in [6.45, 7) is 5.50. The third kappa shape index (κ3) is 3.85. The van der Waals surface area contributed by atoms with Crippen LogP contribution in [0.1, 0.15) is 32.8 Å². The monoisotopic (exact) mass is 362 g/mol. The first-order valence-electron chi connectivity index (χ1n) is 8.79. The standard InChI is InChI=1S/C18H26N4O4/c1-5-12(19-4)16(23)21-14(10(2)3)17(24)22-13(18(25)26)9-11-7-6-8-20-15(11)22/h6-8,10,12-14,19H,5,9H2,1-4H3,(H,21,23)(H,25,26)/t12-,13-,14-/m0/s1. The second-order valence-electron chi connectivity index (χ2n) is 6.73. The van der Waals surface area contributed by atoms with Crippen molar-refractivity contribution in [1.29, 1.82) is 0 Å². The number of carboxylic acid groups (broad SMARTS) is 1. The number of carbonyl (C=O) groups excluding carboxylic acids is 2. The van der Waals surface area contributed by atoms with Crippen LogP contribution in [-0.4, -0.2) is 53.0 Å². The van der Waals surface area contributed by atoms with Gasteiger partial charge in [0.2, 0.25) is 5.91 Å². The number of fused-ring (bicyclic) bond motifs is 1. The number of hydrogen-bond acceptors (Lipinski definition) is 5. The molecule has 2 rings (SSSR count).